The molecule has 1 heterocycles. The molecule has 1 saturated carbocycles. The van der Waals surface area contributed by atoms with Crippen LogP contribution in [0.2, 0.25) is 5.15 Å². The van der Waals surface area contributed by atoms with E-state index >= 15 is 0 Å². The number of nitrogens with one attached hydrogen (secondary N) is 1. The number of nitrogen functional groups attached to an aromatic ring is 1. The van der Waals surface area contributed by atoms with Gasteiger partial charge < -0.3 is 11.1 Å². The van der Waals surface area contributed by atoms with Crippen LogP contribution in [-0.2, 0) is 0 Å². The number of nitrogens with zero attached hydrogens (tertiary/aromatic N) is 2. The number of carbonyl (C=O) groups is 1. The first kappa shape index (κ1) is 12.9. The van der Waals surface area contributed by atoms with Crippen molar-refractivity contribution in [3.05, 3.63) is 46.9 Å². The Kier molecular flexibility index (Phi) is 3.28. The molecule has 1 fully saturated rings. The lowest BCUT2D eigenvalue weighted by atomic mass is 10.2. The molecule has 0 aliphatic heterocycles. The third-order valence-electron chi connectivity index (χ3n) is 3.05. The topological polar surface area (TPSA) is 80.9 Å². The molecule has 20 heavy (non-hydrogen) atoms. The van der Waals surface area contributed by atoms with Crippen LogP contribution in [0.3, 0.4) is 0 Å². The number of hydrogen-bond donors (Lipinski definition) is 2. The predicted molar refractivity (Wildman–Crippen MR) is 77.8 cm³/mol. The van der Waals surface area contributed by atoms with E-state index in [1.165, 1.54) is 6.07 Å². The summed E-state index contributed by atoms with van der Waals surface area (Å²) in [5, 5.41) is 3.06. The van der Waals surface area contributed by atoms with Crippen LogP contribution in [0.4, 0.5) is 11.5 Å². The maximum Gasteiger partial charge on any atom is 0.256 e. The lowest BCUT2D eigenvalue weighted by Gasteiger charge is -2.07. The van der Waals surface area contributed by atoms with Gasteiger partial charge in [-0.3, -0.25) is 4.79 Å². The Morgan fingerprint density at radius 3 is 2.80 bits per heavy atom. The highest BCUT2D eigenvalue weighted by Crippen LogP contribution is 2.38. The van der Waals surface area contributed by atoms with Gasteiger partial charge in [0.25, 0.3) is 5.91 Å². The third kappa shape index (κ3) is 2.88. The molecule has 1 aromatic carbocycles. The van der Waals surface area contributed by atoms with Crippen LogP contribution in [0.5, 0.6) is 0 Å². The number of hydrogen-bond acceptors (Lipinski definition) is 4. The predicted octanol–water partition coefficient (Wildman–Crippen LogP) is 2.84. The van der Waals surface area contributed by atoms with Crippen LogP contribution in [0.15, 0.2) is 30.3 Å². The van der Waals surface area contributed by atoms with Crippen LogP contribution in [0.1, 0.15) is 34.9 Å². The average molecular weight is 289 g/mol. The van der Waals surface area contributed by atoms with E-state index in [-0.39, 0.29) is 5.91 Å². The molecular formula is C14H13ClN4O. The first-order valence-electron chi connectivity index (χ1n) is 6.33. The van der Waals surface area contributed by atoms with E-state index in [1.54, 1.807) is 24.3 Å². The fraction of sp³-hybridized carbons (Fsp3) is 0.214. The molecule has 1 amide bonds. The van der Waals surface area contributed by atoms with Crippen LogP contribution < -0.4 is 11.1 Å². The fourth-order valence-corrected chi connectivity index (χ4v) is 2.08. The number of nitrogens with two attached hydrogens (primary N) is 1. The Morgan fingerprint density at radius 2 is 2.10 bits per heavy atom. The molecule has 5 nitrogen and oxygen atoms in total. The quantitative estimate of drug-likeness (QED) is 0.672. The number of amides is 1. The molecular weight excluding hydrogens is 276 g/mol. The molecule has 2 aromatic rings. The van der Waals surface area contributed by atoms with Gasteiger partial charge >= 0.3 is 0 Å². The molecule has 1 aromatic heterocycles. The summed E-state index contributed by atoms with van der Waals surface area (Å²) in [6.45, 7) is 0. The SMILES string of the molecule is Nc1cccc(C(=O)Nc2cc(Cl)nc(C3CC3)n2)c1. The van der Waals surface area contributed by atoms with Gasteiger partial charge in [0.2, 0.25) is 0 Å². The maximum atomic E-state index is 12.1. The smallest absolute Gasteiger partial charge is 0.256 e. The molecule has 0 radical (unpaired) electrons. The van der Waals surface area contributed by atoms with Gasteiger partial charge in [-0.05, 0) is 31.0 Å². The van der Waals surface area contributed by atoms with E-state index in [4.69, 9.17) is 17.3 Å². The molecule has 0 atom stereocenters. The average Bonchev–Trinajstić information content (AvgIpc) is 3.22. The van der Waals surface area contributed by atoms with Gasteiger partial charge in [0.1, 0.15) is 16.8 Å². The Bertz CT molecular complexity index is 670. The second-order valence-corrected chi connectivity index (χ2v) is 5.18. The summed E-state index contributed by atoms with van der Waals surface area (Å²) in [4.78, 5) is 20.6. The zero-order chi connectivity index (χ0) is 14.1. The van der Waals surface area contributed by atoms with Crippen LogP contribution >= 0.6 is 11.6 Å². The van der Waals surface area contributed by atoms with Crippen molar-refractivity contribution in [3.63, 3.8) is 0 Å². The van der Waals surface area contributed by atoms with Crippen LogP contribution in [0.25, 0.3) is 0 Å². The number of rotatable bonds is 3. The zero-order valence-corrected chi connectivity index (χ0v) is 11.4. The second-order valence-electron chi connectivity index (χ2n) is 4.79. The summed E-state index contributed by atoms with van der Waals surface area (Å²) in [6.07, 6.45) is 2.14. The summed E-state index contributed by atoms with van der Waals surface area (Å²) in [5.41, 5.74) is 6.68. The minimum Gasteiger partial charge on any atom is -0.399 e. The van der Waals surface area contributed by atoms with Gasteiger partial charge in [0.15, 0.2) is 0 Å². The standard InChI is InChI=1S/C14H13ClN4O/c15-11-7-12(18-13(17-11)8-4-5-8)19-14(20)9-2-1-3-10(16)6-9/h1-3,6-8H,4-5,16H2,(H,17,18,19,20). The van der Waals surface area contributed by atoms with E-state index in [2.05, 4.69) is 15.3 Å². The molecule has 0 spiro atoms. The van der Waals surface area contributed by atoms with E-state index in [0.717, 1.165) is 12.8 Å². The van der Waals surface area contributed by atoms with Crippen molar-refractivity contribution in [2.75, 3.05) is 11.1 Å². The fourth-order valence-electron chi connectivity index (χ4n) is 1.89. The Hall–Kier alpha value is -2.14. The van der Waals surface area contributed by atoms with Gasteiger partial charge in [-0.25, -0.2) is 9.97 Å². The highest BCUT2D eigenvalue weighted by Gasteiger charge is 2.27. The number of aromatic nitrogens is 2. The van der Waals surface area contributed by atoms with Gasteiger partial charge in [0, 0.05) is 23.2 Å². The highest BCUT2D eigenvalue weighted by atomic mass is 35.5. The minimum absolute atomic E-state index is 0.270. The number of halogens is 1. The van der Waals surface area contributed by atoms with E-state index in [9.17, 15) is 4.79 Å². The molecule has 3 rings (SSSR count). The van der Waals surface area contributed by atoms with E-state index in [1.807, 2.05) is 0 Å². The monoisotopic (exact) mass is 288 g/mol. The number of carbonyl (C=O) groups excluding carboxylic acids is 1. The normalized spacial score (nSPS) is 14.1. The lowest BCUT2D eigenvalue weighted by molar-refractivity contribution is 0.102. The first-order chi connectivity index (χ1) is 9.61. The van der Waals surface area contributed by atoms with Gasteiger partial charge in [0.05, 0.1) is 0 Å². The molecule has 1 aliphatic rings. The molecule has 0 bridgehead atoms. The third-order valence-corrected chi connectivity index (χ3v) is 3.24. The van der Waals surface area contributed by atoms with Crippen molar-refractivity contribution in [3.8, 4) is 0 Å². The van der Waals surface area contributed by atoms with Crippen molar-refractivity contribution in [2.45, 2.75) is 18.8 Å². The Labute approximate surface area is 121 Å². The summed E-state index contributed by atoms with van der Waals surface area (Å²) < 4.78 is 0. The zero-order valence-electron chi connectivity index (χ0n) is 10.6. The summed E-state index contributed by atoms with van der Waals surface area (Å²) in [5.74, 6) is 1.21. The van der Waals surface area contributed by atoms with Crippen molar-refractivity contribution in [1.82, 2.24) is 9.97 Å². The molecule has 0 saturated heterocycles. The second kappa shape index (κ2) is 5.09. The van der Waals surface area contributed by atoms with Gasteiger partial charge in [-0.2, -0.15) is 0 Å². The Morgan fingerprint density at radius 1 is 1.30 bits per heavy atom. The van der Waals surface area contributed by atoms with E-state index < -0.39 is 0 Å². The molecule has 6 heteroatoms. The summed E-state index contributed by atoms with van der Waals surface area (Å²) in [7, 11) is 0. The first-order valence-corrected chi connectivity index (χ1v) is 6.71. The molecule has 1 aliphatic carbocycles. The van der Waals surface area contributed by atoms with Crippen molar-refractivity contribution in [1.29, 1.82) is 0 Å². The maximum absolute atomic E-state index is 12.1. The molecule has 3 N–H and O–H groups in total. The van der Waals surface area contributed by atoms with Crippen LogP contribution in [0, 0.1) is 0 Å². The van der Waals surface area contributed by atoms with Crippen molar-refractivity contribution < 1.29 is 4.79 Å². The van der Waals surface area contributed by atoms with Crippen LogP contribution in [-0.4, -0.2) is 15.9 Å². The summed E-state index contributed by atoms with van der Waals surface area (Å²) in [6, 6.07) is 8.30. The van der Waals surface area contributed by atoms with Gasteiger partial charge in [-0.1, -0.05) is 17.7 Å². The minimum atomic E-state index is -0.270. The largest absolute Gasteiger partial charge is 0.399 e. The molecule has 0 unspecified atom stereocenters. The lowest BCUT2D eigenvalue weighted by Crippen LogP contribution is -2.14. The number of benzene rings is 1. The molecule has 102 valence electrons. The van der Waals surface area contributed by atoms with Gasteiger partial charge in [-0.15, -0.1) is 0 Å². The summed E-state index contributed by atoms with van der Waals surface area (Å²) >= 11 is 5.95. The number of anilines is 2. The Balaban J connectivity index is 1.82. The van der Waals surface area contributed by atoms with Crippen molar-refractivity contribution >= 4 is 29.0 Å². The highest BCUT2D eigenvalue weighted by molar-refractivity contribution is 6.29. The van der Waals surface area contributed by atoms with Crippen molar-refractivity contribution in [2.24, 2.45) is 0 Å². The van der Waals surface area contributed by atoms with E-state index in [0.29, 0.717) is 34.0 Å².